The molecule has 0 bridgehead atoms. The van der Waals surface area contributed by atoms with Crippen LogP contribution in [0, 0.1) is 0 Å². The van der Waals surface area contributed by atoms with Crippen LogP contribution in [-0.4, -0.2) is 42.1 Å². The van der Waals surface area contributed by atoms with Crippen molar-refractivity contribution in [1.29, 1.82) is 0 Å². The van der Waals surface area contributed by atoms with Crippen LogP contribution in [0.2, 0.25) is 5.02 Å². The molecule has 2 fully saturated rings. The van der Waals surface area contributed by atoms with Crippen LogP contribution in [0.3, 0.4) is 0 Å². The molecule has 2 amide bonds. The van der Waals surface area contributed by atoms with Crippen LogP contribution in [0.5, 0.6) is 0 Å². The van der Waals surface area contributed by atoms with Crippen LogP contribution in [0.4, 0.5) is 18.0 Å². The number of hydrogen-bond donors (Lipinski definition) is 1. The number of carbonyl (C=O) groups excluding carboxylic acids is 2. The molecule has 3 rings (SSSR count). The summed E-state index contributed by atoms with van der Waals surface area (Å²) < 4.78 is 43.8. The summed E-state index contributed by atoms with van der Waals surface area (Å²) in [6, 6.07) is 2.65. The Hall–Kier alpha value is -1.96. The standard InChI is InChI=1S/C15H14ClF3N2O3/c16-11-3-2-9(15(17,18)19)6-10(11)12(22)21-5-1-4-14(8-21)7-20-13(23)24-14/h2-3,6H,1,4-5,7-8H2,(H,20,23)/t14-/m1/s1. The number of halogens is 4. The van der Waals surface area contributed by atoms with Gasteiger partial charge in [-0.25, -0.2) is 4.79 Å². The number of ether oxygens (including phenoxy) is 1. The Morgan fingerprint density at radius 3 is 2.75 bits per heavy atom. The minimum Gasteiger partial charge on any atom is -0.439 e. The van der Waals surface area contributed by atoms with Gasteiger partial charge in [-0.3, -0.25) is 4.79 Å². The molecule has 2 aliphatic heterocycles. The molecule has 0 aromatic heterocycles. The number of nitrogens with zero attached hydrogens (tertiary/aromatic N) is 1. The number of alkyl halides is 3. The van der Waals surface area contributed by atoms with Crippen molar-refractivity contribution >= 4 is 23.6 Å². The van der Waals surface area contributed by atoms with Gasteiger partial charge in [0.05, 0.1) is 29.2 Å². The summed E-state index contributed by atoms with van der Waals surface area (Å²) in [5.41, 5.74) is -1.96. The fraction of sp³-hybridized carbons (Fsp3) is 0.467. The summed E-state index contributed by atoms with van der Waals surface area (Å²) in [4.78, 5) is 25.3. The van der Waals surface area contributed by atoms with E-state index in [4.69, 9.17) is 16.3 Å². The van der Waals surface area contributed by atoms with Crippen LogP contribution in [0.25, 0.3) is 0 Å². The van der Waals surface area contributed by atoms with Gasteiger partial charge in [-0.2, -0.15) is 13.2 Å². The highest BCUT2D eigenvalue weighted by atomic mass is 35.5. The van der Waals surface area contributed by atoms with Gasteiger partial charge in [0.1, 0.15) is 5.60 Å². The van der Waals surface area contributed by atoms with Gasteiger partial charge in [0.15, 0.2) is 0 Å². The van der Waals surface area contributed by atoms with Crippen LogP contribution in [-0.2, 0) is 10.9 Å². The highest BCUT2D eigenvalue weighted by Gasteiger charge is 2.45. The summed E-state index contributed by atoms with van der Waals surface area (Å²) >= 11 is 5.92. The molecule has 2 aliphatic rings. The summed E-state index contributed by atoms with van der Waals surface area (Å²) in [6.45, 7) is 0.758. The van der Waals surface area contributed by atoms with Gasteiger partial charge in [-0.1, -0.05) is 11.6 Å². The molecule has 1 aromatic carbocycles. The maximum Gasteiger partial charge on any atom is 0.416 e. The SMILES string of the molecule is O=C1NC[C@@]2(CCCN(C(=O)c3cc(C(F)(F)F)ccc3Cl)C2)O1. The Kier molecular flexibility index (Phi) is 4.11. The van der Waals surface area contributed by atoms with Crippen molar-refractivity contribution in [2.75, 3.05) is 19.6 Å². The van der Waals surface area contributed by atoms with E-state index in [0.29, 0.717) is 19.4 Å². The Bertz CT molecular complexity index is 695. The Morgan fingerprint density at radius 1 is 1.38 bits per heavy atom. The van der Waals surface area contributed by atoms with Gasteiger partial charge in [-0.05, 0) is 31.0 Å². The molecule has 0 unspecified atom stereocenters. The van der Waals surface area contributed by atoms with E-state index < -0.39 is 29.3 Å². The molecule has 1 aromatic rings. The lowest BCUT2D eigenvalue weighted by molar-refractivity contribution is -0.137. The van der Waals surface area contributed by atoms with Gasteiger partial charge in [-0.15, -0.1) is 0 Å². The second-order valence-electron chi connectivity index (χ2n) is 5.95. The van der Waals surface area contributed by atoms with E-state index in [2.05, 4.69) is 5.32 Å². The molecular formula is C15H14ClF3N2O3. The summed E-state index contributed by atoms with van der Waals surface area (Å²) in [7, 11) is 0. The monoisotopic (exact) mass is 362 g/mol. The number of amides is 2. The van der Waals surface area contributed by atoms with Crippen molar-refractivity contribution in [3.8, 4) is 0 Å². The zero-order valence-corrected chi connectivity index (χ0v) is 13.2. The number of carbonyl (C=O) groups is 2. The van der Waals surface area contributed by atoms with Crippen molar-refractivity contribution < 1.29 is 27.5 Å². The Balaban J connectivity index is 1.85. The number of likely N-dealkylation sites (tertiary alicyclic amines) is 1. The van der Waals surface area contributed by atoms with Gasteiger partial charge < -0.3 is 15.0 Å². The molecular weight excluding hydrogens is 349 g/mol. The van der Waals surface area contributed by atoms with E-state index in [1.807, 2.05) is 0 Å². The number of rotatable bonds is 1. The molecule has 0 radical (unpaired) electrons. The average molecular weight is 363 g/mol. The summed E-state index contributed by atoms with van der Waals surface area (Å²) in [5.74, 6) is -0.604. The minimum atomic E-state index is -4.56. The maximum atomic E-state index is 12.9. The second kappa shape index (κ2) is 5.84. The third-order valence-corrected chi connectivity index (χ3v) is 4.54. The molecule has 1 spiro atoms. The van der Waals surface area contributed by atoms with Crippen molar-refractivity contribution in [2.45, 2.75) is 24.6 Å². The Morgan fingerprint density at radius 2 is 2.12 bits per heavy atom. The zero-order valence-electron chi connectivity index (χ0n) is 12.5. The van der Waals surface area contributed by atoms with E-state index in [0.717, 1.165) is 18.2 Å². The topological polar surface area (TPSA) is 58.6 Å². The van der Waals surface area contributed by atoms with Gasteiger partial charge >= 0.3 is 12.3 Å². The molecule has 1 atom stereocenters. The predicted molar refractivity (Wildman–Crippen MR) is 78.8 cm³/mol. The van der Waals surface area contributed by atoms with Crippen molar-refractivity contribution in [3.05, 3.63) is 34.3 Å². The molecule has 1 N–H and O–H groups in total. The molecule has 9 heteroatoms. The highest BCUT2D eigenvalue weighted by molar-refractivity contribution is 6.33. The maximum absolute atomic E-state index is 12.9. The molecule has 2 saturated heterocycles. The first kappa shape index (κ1) is 16.9. The summed E-state index contributed by atoms with van der Waals surface area (Å²) in [5, 5.41) is 2.50. The average Bonchev–Trinajstić information content (AvgIpc) is 2.86. The van der Waals surface area contributed by atoms with Crippen molar-refractivity contribution in [1.82, 2.24) is 10.2 Å². The lowest BCUT2D eigenvalue weighted by Crippen LogP contribution is -2.52. The first-order valence-corrected chi connectivity index (χ1v) is 7.71. The molecule has 130 valence electrons. The summed E-state index contributed by atoms with van der Waals surface area (Å²) in [6.07, 6.45) is -3.95. The fourth-order valence-electron chi connectivity index (χ4n) is 3.04. The largest absolute Gasteiger partial charge is 0.439 e. The van der Waals surface area contributed by atoms with E-state index in [9.17, 15) is 22.8 Å². The molecule has 5 nitrogen and oxygen atoms in total. The number of alkyl carbamates (subject to hydrolysis) is 1. The van der Waals surface area contributed by atoms with Gasteiger partial charge in [0.25, 0.3) is 5.91 Å². The van der Waals surface area contributed by atoms with Gasteiger partial charge in [0, 0.05) is 6.54 Å². The van der Waals surface area contributed by atoms with Crippen LogP contribution in [0.15, 0.2) is 18.2 Å². The first-order valence-electron chi connectivity index (χ1n) is 7.33. The molecule has 0 aliphatic carbocycles. The Labute approximate surface area is 140 Å². The number of piperidine rings is 1. The first-order chi connectivity index (χ1) is 11.2. The smallest absolute Gasteiger partial charge is 0.416 e. The van der Waals surface area contributed by atoms with E-state index in [-0.39, 0.29) is 23.7 Å². The molecule has 24 heavy (non-hydrogen) atoms. The zero-order chi connectivity index (χ0) is 17.5. The van der Waals surface area contributed by atoms with Gasteiger partial charge in [0.2, 0.25) is 0 Å². The number of benzene rings is 1. The lowest BCUT2D eigenvalue weighted by atomic mass is 9.92. The number of nitrogens with one attached hydrogen (secondary N) is 1. The quantitative estimate of drug-likeness (QED) is 0.835. The van der Waals surface area contributed by atoms with Crippen molar-refractivity contribution in [2.24, 2.45) is 0 Å². The predicted octanol–water partition coefficient (Wildman–Crippen LogP) is 3.07. The van der Waals surface area contributed by atoms with E-state index >= 15 is 0 Å². The minimum absolute atomic E-state index is 0.0471. The lowest BCUT2D eigenvalue weighted by Gasteiger charge is -2.38. The normalized spacial score (nSPS) is 24.0. The second-order valence-corrected chi connectivity index (χ2v) is 6.36. The van der Waals surface area contributed by atoms with E-state index in [1.54, 1.807) is 0 Å². The molecule has 0 saturated carbocycles. The van der Waals surface area contributed by atoms with Crippen LogP contribution in [0.1, 0.15) is 28.8 Å². The third kappa shape index (κ3) is 3.15. The van der Waals surface area contributed by atoms with Crippen LogP contribution < -0.4 is 5.32 Å². The van der Waals surface area contributed by atoms with E-state index in [1.165, 1.54) is 4.90 Å². The highest BCUT2D eigenvalue weighted by Crippen LogP contribution is 2.34. The van der Waals surface area contributed by atoms with Crippen molar-refractivity contribution in [3.63, 3.8) is 0 Å². The fourth-order valence-corrected chi connectivity index (χ4v) is 3.24. The third-order valence-electron chi connectivity index (χ3n) is 4.21. The van der Waals surface area contributed by atoms with Crippen LogP contribution >= 0.6 is 11.6 Å². The number of hydrogen-bond acceptors (Lipinski definition) is 3. The molecule has 2 heterocycles.